The van der Waals surface area contributed by atoms with Crippen molar-refractivity contribution in [1.29, 1.82) is 0 Å². The molecule has 0 aliphatic rings. The Bertz CT molecular complexity index is 749. The maximum Gasteiger partial charge on any atom is 0.277 e. The van der Waals surface area contributed by atoms with Crippen LogP contribution in [0.1, 0.15) is 18.9 Å². The highest BCUT2D eigenvalue weighted by Gasteiger charge is 2.09. The first-order chi connectivity index (χ1) is 11.5. The highest BCUT2D eigenvalue weighted by Crippen LogP contribution is 2.33. The van der Waals surface area contributed by atoms with Crippen LogP contribution in [0, 0.1) is 0 Å². The molecule has 2 aromatic carbocycles. The van der Waals surface area contributed by atoms with Crippen molar-refractivity contribution >= 4 is 46.4 Å². The van der Waals surface area contributed by atoms with E-state index in [1.165, 1.54) is 12.1 Å². The maximum atomic E-state index is 11.9. The predicted molar refractivity (Wildman–Crippen MR) is 98.4 cm³/mol. The average molecular weight is 386 g/mol. The minimum Gasteiger partial charge on any atom is -0.482 e. The first-order valence-electron chi connectivity index (χ1n) is 7.19. The largest absolute Gasteiger partial charge is 0.482 e. The molecule has 2 rings (SSSR count). The van der Waals surface area contributed by atoms with Crippen molar-refractivity contribution in [2.45, 2.75) is 13.3 Å². The first-order valence-corrected chi connectivity index (χ1v) is 8.32. The summed E-state index contributed by atoms with van der Waals surface area (Å²) in [7, 11) is 0. The molecule has 1 N–H and O–H groups in total. The molecule has 2 aromatic rings. The molecule has 0 unspecified atom stereocenters. The summed E-state index contributed by atoms with van der Waals surface area (Å²) in [4.78, 5) is 11.9. The van der Waals surface area contributed by atoms with Crippen molar-refractivity contribution in [2.24, 2.45) is 5.10 Å². The van der Waals surface area contributed by atoms with Gasteiger partial charge >= 0.3 is 0 Å². The molecule has 0 spiro atoms. The van der Waals surface area contributed by atoms with E-state index in [-0.39, 0.29) is 17.4 Å². The summed E-state index contributed by atoms with van der Waals surface area (Å²) in [5.41, 5.74) is 4.20. The van der Waals surface area contributed by atoms with Crippen molar-refractivity contribution < 1.29 is 9.53 Å². The SMILES string of the molecule is CC/C(=N\NC(=O)COc1cc(Cl)c(Cl)cc1Cl)c1ccccc1. The van der Waals surface area contributed by atoms with Crippen LogP contribution in [0.25, 0.3) is 0 Å². The summed E-state index contributed by atoms with van der Waals surface area (Å²) in [6.07, 6.45) is 0.684. The van der Waals surface area contributed by atoms with Crippen molar-refractivity contribution in [1.82, 2.24) is 5.43 Å². The lowest BCUT2D eigenvalue weighted by Gasteiger charge is -2.09. The lowest BCUT2D eigenvalue weighted by atomic mass is 10.1. The minimum absolute atomic E-state index is 0.243. The van der Waals surface area contributed by atoms with Crippen LogP contribution in [-0.2, 0) is 4.79 Å². The number of hydrazone groups is 1. The van der Waals surface area contributed by atoms with Crippen LogP contribution in [0.3, 0.4) is 0 Å². The van der Waals surface area contributed by atoms with Gasteiger partial charge in [0.2, 0.25) is 0 Å². The molecule has 0 fully saturated rings. The molecular weight excluding hydrogens is 371 g/mol. The molecule has 7 heteroatoms. The molecule has 0 aliphatic heterocycles. The molecule has 0 saturated heterocycles. The molecule has 0 atom stereocenters. The van der Waals surface area contributed by atoms with Gasteiger partial charge in [-0.1, -0.05) is 72.1 Å². The van der Waals surface area contributed by atoms with Crippen LogP contribution < -0.4 is 10.2 Å². The number of hydrogen-bond donors (Lipinski definition) is 1. The molecule has 0 bridgehead atoms. The van der Waals surface area contributed by atoms with Gasteiger partial charge in [-0.05, 0) is 18.1 Å². The molecule has 0 saturated carbocycles. The summed E-state index contributed by atoms with van der Waals surface area (Å²) in [5.74, 6) is -0.122. The Balaban J connectivity index is 1.96. The summed E-state index contributed by atoms with van der Waals surface area (Å²) in [6.45, 7) is 1.72. The third-order valence-electron chi connectivity index (χ3n) is 3.09. The Labute approximate surface area is 155 Å². The normalized spacial score (nSPS) is 11.2. The number of halogens is 3. The Morgan fingerprint density at radius 1 is 1.08 bits per heavy atom. The fourth-order valence-electron chi connectivity index (χ4n) is 1.90. The van der Waals surface area contributed by atoms with Crippen LogP contribution in [0.15, 0.2) is 47.6 Å². The van der Waals surface area contributed by atoms with E-state index in [0.717, 1.165) is 11.3 Å². The lowest BCUT2D eigenvalue weighted by Crippen LogP contribution is -2.26. The van der Waals surface area contributed by atoms with Crippen molar-refractivity contribution in [3.63, 3.8) is 0 Å². The smallest absolute Gasteiger partial charge is 0.277 e. The zero-order valence-corrected chi connectivity index (χ0v) is 15.1. The summed E-state index contributed by atoms with van der Waals surface area (Å²) >= 11 is 17.7. The van der Waals surface area contributed by atoms with Gasteiger partial charge in [0.25, 0.3) is 5.91 Å². The van der Waals surface area contributed by atoms with E-state index in [9.17, 15) is 4.79 Å². The predicted octanol–water partition coefficient (Wildman–Crippen LogP) is 4.96. The number of nitrogens with one attached hydrogen (secondary N) is 1. The molecule has 0 aromatic heterocycles. The second-order valence-electron chi connectivity index (χ2n) is 4.80. The van der Waals surface area contributed by atoms with E-state index in [0.29, 0.717) is 16.5 Å². The second kappa shape index (κ2) is 8.92. The zero-order chi connectivity index (χ0) is 17.5. The second-order valence-corrected chi connectivity index (χ2v) is 6.02. The number of nitrogens with zero attached hydrogens (tertiary/aromatic N) is 1. The number of amides is 1. The van der Waals surface area contributed by atoms with E-state index < -0.39 is 5.91 Å². The first kappa shape index (κ1) is 18.6. The van der Waals surface area contributed by atoms with E-state index in [4.69, 9.17) is 39.5 Å². The summed E-state index contributed by atoms with van der Waals surface area (Å²) < 4.78 is 5.35. The summed E-state index contributed by atoms with van der Waals surface area (Å²) in [5, 5.41) is 5.03. The Morgan fingerprint density at radius 2 is 1.75 bits per heavy atom. The summed E-state index contributed by atoms with van der Waals surface area (Å²) in [6, 6.07) is 12.5. The van der Waals surface area contributed by atoms with E-state index in [1.54, 1.807) is 0 Å². The number of benzene rings is 2. The van der Waals surface area contributed by atoms with E-state index in [1.807, 2.05) is 37.3 Å². The van der Waals surface area contributed by atoms with Crippen LogP contribution in [0.2, 0.25) is 15.1 Å². The highest BCUT2D eigenvalue weighted by molar-refractivity contribution is 6.43. The topological polar surface area (TPSA) is 50.7 Å². The molecule has 24 heavy (non-hydrogen) atoms. The quantitative estimate of drug-likeness (QED) is 0.434. The van der Waals surface area contributed by atoms with Gasteiger partial charge in [0.1, 0.15) is 5.75 Å². The van der Waals surface area contributed by atoms with Gasteiger partial charge in [-0.25, -0.2) is 5.43 Å². The van der Waals surface area contributed by atoms with Gasteiger partial charge in [-0.15, -0.1) is 0 Å². The van der Waals surface area contributed by atoms with Crippen molar-refractivity contribution in [3.05, 3.63) is 63.1 Å². The average Bonchev–Trinajstić information content (AvgIpc) is 2.58. The van der Waals surface area contributed by atoms with Gasteiger partial charge < -0.3 is 4.74 Å². The molecular formula is C17H15Cl3N2O2. The number of carbonyl (C=O) groups excluding carboxylic acids is 1. The van der Waals surface area contributed by atoms with Crippen LogP contribution in [-0.4, -0.2) is 18.2 Å². The molecule has 1 amide bonds. The Morgan fingerprint density at radius 3 is 2.42 bits per heavy atom. The monoisotopic (exact) mass is 384 g/mol. The number of rotatable bonds is 6. The third kappa shape index (κ3) is 5.13. The van der Waals surface area contributed by atoms with Crippen molar-refractivity contribution in [2.75, 3.05) is 6.61 Å². The van der Waals surface area contributed by atoms with Crippen LogP contribution in [0.5, 0.6) is 5.75 Å². The standard InChI is InChI=1S/C17H15Cl3N2O2/c1-2-15(11-6-4-3-5-7-11)21-22-17(23)10-24-16-9-13(19)12(18)8-14(16)20/h3-9H,2,10H2,1H3,(H,22,23)/b21-15+. The van der Waals surface area contributed by atoms with Crippen LogP contribution >= 0.6 is 34.8 Å². The minimum atomic E-state index is -0.404. The number of carbonyl (C=O) groups is 1. The molecule has 126 valence electrons. The highest BCUT2D eigenvalue weighted by atomic mass is 35.5. The molecule has 0 radical (unpaired) electrons. The number of hydrogen-bond acceptors (Lipinski definition) is 3. The third-order valence-corrected chi connectivity index (χ3v) is 4.11. The van der Waals surface area contributed by atoms with Gasteiger partial charge in [-0.3, -0.25) is 4.79 Å². The Kier molecular flexibility index (Phi) is 6.91. The maximum absolute atomic E-state index is 11.9. The molecule has 4 nitrogen and oxygen atoms in total. The van der Waals surface area contributed by atoms with Gasteiger partial charge in [0.05, 0.1) is 20.8 Å². The van der Waals surface area contributed by atoms with Crippen LogP contribution in [0.4, 0.5) is 0 Å². The fourth-order valence-corrected chi connectivity index (χ4v) is 2.49. The van der Waals surface area contributed by atoms with E-state index >= 15 is 0 Å². The molecule has 0 aliphatic carbocycles. The van der Waals surface area contributed by atoms with Crippen molar-refractivity contribution in [3.8, 4) is 5.75 Å². The lowest BCUT2D eigenvalue weighted by molar-refractivity contribution is -0.123. The molecule has 0 heterocycles. The van der Waals surface area contributed by atoms with Gasteiger partial charge in [0.15, 0.2) is 6.61 Å². The fraction of sp³-hybridized carbons (Fsp3) is 0.176. The van der Waals surface area contributed by atoms with E-state index in [2.05, 4.69) is 10.5 Å². The number of ether oxygens (including phenoxy) is 1. The Hall–Kier alpha value is -1.75. The van der Waals surface area contributed by atoms with Gasteiger partial charge in [-0.2, -0.15) is 5.10 Å². The van der Waals surface area contributed by atoms with Gasteiger partial charge in [0, 0.05) is 6.07 Å². The zero-order valence-electron chi connectivity index (χ0n) is 12.9.